The maximum Gasteiger partial charge on any atom is 0.226 e. The molecule has 0 bridgehead atoms. The predicted octanol–water partition coefficient (Wildman–Crippen LogP) is 5.22. The van der Waals surface area contributed by atoms with Gasteiger partial charge in [-0.3, -0.25) is 4.90 Å². The standard InChI is InChI=1S/C31H32N8O3S/c1-3-22(21-8-6-12-39(21)2)41-25-13-24(40-18-15-34-17-35-16-18)36-30(37-25)27-19-7-4-10-31(28(19)38-42-27)11-5-9-23-26(31)20(14-32)29(33)43-23/h3,13,15-17,21-22H,1,4-12,33H2,2H3/t21-,22-,31-/m0/s1. The number of fused-ring (bicyclic) bond motifs is 4. The predicted molar refractivity (Wildman–Crippen MR) is 160 cm³/mol. The molecule has 5 heterocycles. The zero-order chi connectivity index (χ0) is 29.6. The molecule has 2 N–H and O–H groups in total. The van der Waals surface area contributed by atoms with Gasteiger partial charge >= 0.3 is 0 Å². The van der Waals surface area contributed by atoms with E-state index < -0.39 is 5.41 Å². The van der Waals surface area contributed by atoms with Gasteiger partial charge in [-0.25, -0.2) is 9.97 Å². The van der Waals surface area contributed by atoms with Crippen molar-refractivity contribution < 1.29 is 14.0 Å². The van der Waals surface area contributed by atoms with E-state index in [1.54, 1.807) is 18.5 Å². The van der Waals surface area contributed by atoms with Crippen LogP contribution >= 0.6 is 11.3 Å². The monoisotopic (exact) mass is 596 g/mol. The Labute approximate surface area is 253 Å². The van der Waals surface area contributed by atoms with Crippen molar-refractivity contribution in [1.82, 2.24) is 30.0 Å². The van der Waals surface area contributed by atoms with Crippen molar-refractivity contribution >= 4 is 16.3 Å². The highest BCUT2D eigenvalue weighted by Gasteiger charge is 2.48. The number of anilines is 1. The van der Waals surface area contributed by atoms with E-state index in [1.807, 2.05) is 6.08 Å². The van der Waals surface area contributed by atoms with E-state index in [9.17, 15) is 5.26 Å². The third-order valence-corrected chi connectivity index (χ3v) is 10.0. The summed E-state index contributed by atoms with van der Waals surface area (Å²) >= 11 is 1.53. The molecule has 2 aliphatic carbocycles. The number of nitrogens with zero attached hydrogens (tertiary/aromatic N) is 7. The molecule has 1 saturated heterocycles. The van der Waals surface area contributed by atoms with Gasteiger partial charge in [-0.1, -0.05) is 11.7 Å². The minimum absolute atomic E-state index is 0.188. The van der Waals surface area contributed by atoms with E-state index in [0.717, 1.165) is 74.7 Å². The number of nitrogens with two attached hydrogens (primary N) is 1. The third-order valence-electron chi connectivity index (χ3n) is 8.96. The van der Waals surface area contributed by atoms with Gasteiger partial charge in [-0.2, -0.15) is 15.2 Å². The quantitative estimate of drug-likeness (QED) is 0.280. The van der Waals surface area contributed by atoms with Crippen LogP contribution in [0.1, 0.15) is 65.8 Å². The summed E-state index contributed by atoms with van der Waals surface area (Å²) in [5, 5.41) is 15.3. The fourth-order valence-corrected chi connectivity index (χ4v) is 8.24. The molecule has 4 aromatic heterocycles. The SMILES string of the molecule is C=C[C@H](Oc1cc(Oc2cncnc2)nc(-c2onc3c2CCC[C@@]32CCCc3sc(N)c(C#N)c32)n1)[C@@H]1CCCN1C. The summed E-state index contributed by atoms with van der Waals surface area (Å²) in [6, 6.07) is 4.23. The average Bonchev–Trinajstić information content (AvgIpc) is 3.73. The number of rotatable bonds is 7. The highest BCUT2D eigenvalue weighted by Crippen LogP contribution is 2.54. The lowest BCUT2D eigenvalue weighted by Crippen LogP contribution is -2.38. The topological polar surface area (TPSA) is 149 Å². The van der Waals surface area contributed by atoms with Crippen LogP contribution in [0.25, 0.3) is 11.6 Å². The molecule has 3 atom stereocenters. The van der Waals surface area contributed by atoms with Crippen molar-refractivity contribution in [2.24, 2.45) is 0 Å². The van der Waals surface area contributed by atoms with Gasteiger partial charge in [0.1, 0.15) is 23.5 Å². The molecule has 12 heteroatoms. The lowest BCUT2D eigenvalue weighted by molar-refractivity contribution is 0.138. The summed E-state index contributed by atoms with van der Waals surface area (Å²) in [4.78, 5) is 21.1. The van der Waals surface area contributed by atoms with Gasteiger partial charge in [0, 0.05) is 15.9 Å². The van der Waals surface area contributed by atoms with Gasteiger partial charge in [0.2, 0.25) is 23.3 Å². The number of nitriles is 1. The van der Waals surface area contributed by atoms with Gasteiger partial charge in [-0.05, 0) is 76.6 Å². The number of aromatic nitrogens is 5. The Kier molecular flexibility index (Phi) is 7.07. The number of likely N-dealkylation sites (N-methyl/N-ethyl adjacent to an activating group) is 1. The van der Waals surface area contributed by atoms with Crippen molar-refractivity contribution in [1.29, 1.82) is 5.26 Å². The second kappa shape index (κ2) is 11.1. The van der Waals surface area contributed by atoms with Crippen molar-refractivity contribution in [3.05, 3.63) is 64.7 Å². The number of aryl methyl sites for hydroxylation is 1. The summed E-state index contributed by atoms with van der Waals surface area (Å²) in [7, 11) is 2.10. The highest BCUT2D eigenvalue weighted by molar-refractivity contribution is 7.16. The number of hydrogen-bond acceptors (Lipinski definition) is 12. The van der Waals surface area contributed by atoms with Gasteiger partial charge in [0.15, 0.2) is 5.75 Å². The molecular formula is C31H32N8O3S. The van der Waals surface area contributed by atoms with E-state index >= 15 is 0 Å². The Morgan fingerprint density at radius 1 is 1.21 bits per heavy atom. The van der Waals surface area contributed by atoms with Gasteiger partial charge in [-0.15, -0.1) is 11.3 Å². The molecule has 0 radical (unpaired) electrons. The molecule has 0 unspecified atom stereocenters. The van der Waals surface area contributed by atoms with E-state index in [0.29, 0.717) is 33.8 Å². The molecule has 1 spiro atoms. The van der Waals surface area contributed by atoms with Crippen molar-refractivity contribution in [2.45, 2.75) is 68.9 Å². The molecule has 1 aliphatic heterocycles. The molecule has 0 saturated carbocycles. The van der Waals surface area contributed by atoms with Gasteiger partial charge in [0.25, 0.3) is 0 Å². The molecule has 1 fully saturated rings. The highest BCUT2D eigenvalue weighted by atomic mass is 32.1. The van der Waals surface area contributed by atoms with Crippen LogP contribution in [-0.4, -0.2) is 55.7 Å². The molecule has 3 aliphatic rings. The van der Waals surface area contributed by atoms with E-state index in [-0.39, 0.29) is 18.0 Å². The summed E-state index contributed by atoms with van der Waals surface area (Å²) in [6.07, 6.45) is 13.6. The molecule has 0 aromatic carbocycles. The van der Waals surface area contributed by atoms with Crippen LogP contribution in [0.5, 0.6) is 17.5 Å². The molecule has 11 nitrogen and oxygen atoms in total. The van der Waals surface area contributed by atoms with Gasteiger partial charge in [0.05, 0.1) is 35.8 Å². The number of nitrogen functional groups attached to an aromatic ring is 1. The molecule has 43 heavy (non-hydrogen) atoms. The first-order valence-electron chi connectivity index (χ1n) is 14.6. The first kappa shape index (κ1) is 27.5. The molecule has 7 rings (SSSR count). The van der Waals surface area contributed by atoms with Crippen molar-refractivity contribution in [3.8, 4) is 35.2 Å². The third kappa shape index (κ3) is 4.73. The smallest absolute Gasteiger partial charge is 0.226 e. The molecular weight excluding hydrogens is 564 g/mol. The van der Waals surface area contributed by atoms with Crippen LogP contribution in [0, 0.1) is 11.3 Å². The summed E-state index contributed by atoms with van der Waals surface area (Å²) in [5.74, 6) is 1.84. The first-order chi connectivity index (χ1) is 21.0. The van der Waals surface area contributed by atoms with Crippen LogP contribution in [0.15, 0.2) is 42.0 Å². The minimum atomic E-state index is -0.419. The first-order valence-corrected chi connectivity index (χ1v) is 15.4. The Morgan fingerprint density at radius 3 is 2.74 bits per heavy atom. The lowest BCUT2D eigenvalue weighted by Gasteiger charge is -2.39. The van der Waals surface area contributed by atoms with Crippen LogP contribution in [0.3, 0.4) is 0 Å². The van der Waals surface area contributed by atoms with Crippen LogP contribution in [0.2, 0.25) is 0 Å². The average molecular weight is 597 g/mol. The second-order valence-electron chi connectivity index (χ2n) is 11.4. The lowest BCUT2D eigenvalue weighted by atomic mass is 9.62. The van der Waals surface area contributed by atoms with Crippen LogP contribution in [0.4, 0.5) is 5.00 Å². The van der Waals surface area contributed by atoms with E-state index in [1.165, 1.54) is 22.5 Å². The second-order valence-corrected chi connectivity index (χ2v) is 12.6. The number of ether oxygens (including phenoxy) is 2. The summed E-state index contributed by atoms with van der Waals surface area (Å²) in [5.41, 5.74) is 9.33. The fraction of sp³-hybridized carbons (Fsp3) is 0.419. The Balaban J connectivity index is 1.32. The number of likely N-dealkylation sites (tertiary alicyclic amines) is 1. The Hall–Kier alpha value is -4.34. The maximum absolute atomic E-state index is 10.0. The molecule has 4 aromatic rings. The van der Waals surface area contributed by atoms with Crippen LogP contribution < -0.4 is 15.2 Å². The summed E-state index contributed by atoms with van der Waals surface area (Å²) < 4.78 is 18.6. The number of thiophene rings is 1. The van der Waals surface area contributed by atoms with Crippen LogP contribution in [-0.2, 0) is 18.3 Å². The zero-order valence-corrected chi connectivity index (χ0v) is 24.8. The normalized spacial score (nSPS) is 22.0. The van der Waals surface area contributed by atoms with Crippen molar-refractivity contribution in [2.75, 3.05) is 19.3 Å². The largest absolute Gasteiger partial charge is 0.468 e. The van der Waals surface area contributed by atoms with E-state index in [2.05, 4.69) is 39.7 Å². The molecule has 0 amide bonds. The maximum atomic E-state index is 10.0. The Morgan fingerprint density at radius 2 is 2.00 bits per heavy atom. The fourth-order valence-electron chi connectivity index (χ4n) is 7.08. The summed E-state index contributed by atoms with van der Waals surface area (Å²) in [6.45, 7) is 5.04. The van der Waals surface area contributed by atoms with E-state index in [4.69, 9.17) is 29.7 Å². The zero-order valence-electron chi connectivity index (χ0n) is 24.0. The Bertz CT molecular complexity index is 1710. The van der Waals surface area contributed by atoms with Crippen molar-refractivity contribution in [3.63, 3.8) is 0 Å². The molecule has 220 valence electrons. The minimum Gasteiger partial charge on any atom is -0.468 e. The van der Waals surface area contributed by atoms with Gasteiger partial charge < -0.3 is 19.7 Å². The number of hydrogen-bond donors (Lipinski definition) is 1.